The number of hydrogen-bond donors (Lipinski definition) is 2. The number of hydrogen-bond acceptors (Lipinski definition) is 5. The molecule has 0 fully saturated rings. The number of nitrogens with zero attached hydrogens (tertiary/aromatic N) is 4. The van der Waals surface area contributed by atoms with Gasteiger partial charge in [-0.2, -0.15) is 10.1 Å². The molecule has 4 rings (SSSR count). The normalized spacial score (nSPS) is 10.8. The third-order valence-corrected chi connectivity index (χ3v) is 3.62. The maximum Gasteiger partial charge on any atom is 0.224 e. The molecule has 0 unspecified atom stereocenters. The second-order valence-corrected chi connectivity index (χ2v) is 5.26. The van der Waals surface area contributed by atoms with E-state index in [4.69, 9.17) is 11.6 Å². The molecule has 7 heteroatoms. The van der Waals surface area contributed by atoms with Crippen molar-refractivity contribution in [2.75, 3.05) is 5.32 Å². The smallest absolute Gasteiger partial charge is 0.224 e. The average Bonchev–Trinajstić information content (AvgIpc) is 3.10. The summed E-state index contributed by atoms with van der Waals surface area (Å²) in [6, 6.07) is 9.84. The van der Waals surface area contributed by atoms with Gasteiger partial charge in [-0.1, -0.05) is 12.1 Å². The molecule has 0 bridgehead atoms. The Morgan fingerprint density at radius 3 is 2.61 bits per heavy atom. The number of aromatic nitrogens is 5. The molecule has 4 aromatic rings. The standard InChI is InChI=1S/C16H11ClN6/c17-16-22-14-9-18-6-5-13(14)15(23-16)21-12-3-1-10(2-4-12)11-7-19-20-8-11/h1-9H,(H,19,20)(H,21,22,23). The second-order valence-electron chi connectivity index (χ2n) is 4.92. The summed E-state index contributed by atoms with van der Waals surface area (Å²) in [5, 5.41) is 11.1. The zero-order chi connectivity index (χ0) is 15.6. The van der Waals surface area contributed by atoms with Crippen molar-refractivity contribution in [1.82, 2.24) is 25.1 Å². The summed E-state index contributed by atoms with van der Waals surface area (Å²) in [6.45, 7) is 0. The Morgan fingerprint density at radius 1 is 0.957 bits per heavy atom. The average molecular weight is 323 g/mol. The van der Waals surface area contributed by atoms with Gasteiger partial charge in [0, 0.05) is 29.0 Å². The minimum Gasteiger partial charge on any atom is -0.340 e. The minimum absolute atomic E-state index is 0.183. The van der Waals surface area contributed by atoms with Gasteiger partial charge in [-0.25, -0.2) is 4.98 Å². The van der Waals surface area contributed by atoms with Crippen molar-refractivity contribution in [1.29, 1.82) is 0 Å². The number of halogens is 1. The van der Waals surface area contributed by atoms with Crippen molar-refractivity contribution in [3.05, 3.63) is 60.4 Å². The van der Waals surface area contributed by atoms with Crippen molar-refractivity contribution in [2.45, 2.75) is 0 Å². The Morgan fingerprint density at radius 2 is 1.83 bits per heavy atom. The highest BCUT2D eigenvalue weighted by Gasteiger charge is 2.07. The minimum atomic E-state index is 0.183. The van der Waals surface area contributed by atoms with E-state index in [1.165, 1.54) is 0 Å². The van der Waals surface area contributed by atoms with Gasteiger partial charge in [-0.3, -0.25) is 10.1 Å². The molecular weight excluding hydrogens is 312 g/mol. The highest BCUT2D eigenvalue weighted by molar-refractivity contribution is 6.28. The van der Waals surface area contributed by atoms with Crippen LogP contribution in [0, 0.1) is 0 Å². The lowest BCUT2D eigenvalue weighted by Crippen LogP contribution is -1.97. The molecule has 0 aliphatic heterocycles. The Kier molecular flexibility index (Phi) is 3.36. The zero-order valence-electron chi connectivity index (χ0n) is 11.9. The molecule has 0 aliphatic rings. The van der Waals surface area contributed by atoms with Crippen LogP contribution in [0.1, 0.15) is 0 Å². The van der Waals surface area contributed by atoms with E-state index >= 15 is 0 Å². The van der Waals surface area contributed by atoms with Gasteiger partial charge >= 0.3 is 0 Å². The molecule has 23 heavy (non-hydrogen) atoms. The lowest BCUT2D eigenvalue weighted by molar-refractivity contribution is 1.09. The lowest BCUT2D eigenvalue weighted by Gasteiger charge is -2.09. The SMILES string of the molecule is Clc1nc(Nc2ccc(-c3cn[nH]c3)cc2)c2ccncc2n1. The van der Waals surface area contributed by atoms with Gasteiger partial charge < -0.3 is 5.32 Å². The molecular formula is C16H11ClN6. The van der Waals surface area contributed by atoms with Crippen LogP contribution in [0.2, 0.25) is 5.28 Å². The molecule has 3 aromatic heterocycles. The largest absolute Gasteiger partial charge is 0.340 e. The van der Waals surface area contributed by atoms with Crippen molar-refractivity contribution in [3.8, 4) is 11.1 Å². The topological polar surface area (TPSA) is 79.4 Å². The summed E-state index contributed by atoms with van der Waals surface area (Å²) in [4.78, 5) is 12.5. The van der Waals surface area contributed by atoms with Crippen molar-refractivity contribution in [3.63, 3.8) is 0 Å². The number of H-pyrrole nitrogens is 1. The molecule has 2 N–H and O–H groups in total. The Labute approximate surface area is 136 Å². The van der Waals surface area contributed by atoms with E-state index in [0.29, 0.717) is 11.3 Å². The van der Waals surface area contributed by atoms with Gasteiger partial charge in [0.05, 0.1) is 17.9 Å². The van der Waals surface area contributed by atoms with Crippen LogP contribution in [0.4, 0.5) is 11.5 Å². The number of benzene rings is 1. The maximum atomic E-state index is 5.98. The Hall–Kier alpha value is -2.99. The monoisotopic (exact) mass is 322 g/mol. The van der Waals surface area contributed by atoms with Gasteiger partial charge in [-0.15, -0.1) is 0 Å². The third-order valence-electron chi connectivity index (χ3n) is 3.45. The highest BCUT2D eigenvalue weighted by Crippen LogP contribution is 2.26. The molecule has 0 aliphatic carbocycles. The molecule has 0 spiro atoms. The van der Waals surface area contributed by atoms with E-state index < -0.39 is 0 Å². The summed E-state index contributed by atoms with van der Waals surface area (Å²) < 4.78 is 0. The van der Waals surface area contributed by atoms with E-state index in [9.17, 15) is 0 Å². The Bertz CT molecular complexity index is 950. The summed E-state index contributed by atoms with van der Waals surface area (Å²) in [5.41, 5.74) is 3.73. The van der Waals surface area contributed by atoms with Crippen LogP contribution < -0.4 is 5.32 Å². The molecule has 0 atom stereocenters. The van der Waals surface area contributed by atoms with Gasteiger partial charge in [0.25, 0.3) is 0 Å². The first kappa shape index (κ1) is 13.7. The van der Waals surface area contributed by atoms with Gasteiger partial charge in [0.15, 0.2) is 0 Å². The second kappa shape index (κ2) is 5.66. The summed E-state index contributed by atoms with van der Waals surface area (Å²) >= 11 is 5.98. The molecule has 112 valence electrons. The van der Waals surface area contributed by atoms with Crippen LogP contribution in [-0.2, 0) is 0 Å². The number of nitrogens with one attached hydrogen (secondary N) is 2. The van der Waals surface area contributed by atoms with Crippen LogP contribution in [0.5, 0.6) is 0 Å². The fraction of sp³-hybridized carbons (Fsp3) is 0. The first-order valence-corrected chi connectivity index (χ1v) is 7.31. The molecule has 0 amide bonds. The molecule has 0 radical (unpaired) electrons. The van der Waals surface area contributed by atoms with Gasteiger partial charge in [0.1, 0.15) is 5.82 Å². The lowest BCUT2D eigenvalue weighted by atomic mass is 10.1. The fourth-order valence-corrected chi connectivity index (χ4v) is 2.51. The third kappa shape index (κ3) is 2.72. The number of fused-ring (bicyclic) bond motifs is 1. The number of pyridine rings is 1. The van der Waals surface area contributed by atoms with E-state index in [2.05, 4.69) is 30.5 Å². The van der Waals surface area contributed by atoms with Crippen molar-refractivity contribution < 1.29 is 0 Å². The van der Waals surface area contributed by atoms with E-state index in [0.717, 1.165) is 22.2 Å². The number of anilines is 2. The van der Waals surface area contributed by atoms with Crippen LogP contribution in [0.15, 0.2) is 55.1 Å². The van der Waals surface area contributed by atoms with Gasteiger partial charge in [-0.05, 0) is 35.4 Å². The van der Waals surface area contributed by atoms with E-state index in [1.54, 1.807) is 18.6 Å². The zero-order valence-corrected chi connectivity index (χ0v) is 12.6. The highest BCUT2D eigenvalue weighted by atomic mass is 35.5. The number of aromatic amines is 1. The first-order valence-electron chi connectivity index (χ1n) is 6.93. The Balaban J connectivity index is 1.68. The summed E-state index contributed by atoms with van der Waals surface area (Å²) in [5.74, 6) is 0.651. The number of rotatable bonds is 3. The predicted octanol–water partition coefficient (Wildman–Crippen LogP) is 3.81. The van der Waals surface area contributed by atoms with Crippen LogP contribution >= 0.6 is 11.6 Å². The molecule has 6 nitrogen and oxygen atoms in total. The van der Waals surface area contributed by atoms with Crippen LogP contribution in [-0.4, -0.2) is 25.1 Å². The molecule has 0 saturated carbocycles. The van der Waals surface area contributed by atoms with E-state index in [1.807, 2.05) is 36.5 Å². The molecule has 1 aromatic carbocycles. The molecule has 0 saturated heterocycles. The summed E-state index contributed by atoms with van der Waals surface area (Å²) in [6.07, 6.45) is 7.00. The quantitative estimate of drug-likeness (QED) is 0.561. The van der Waals surface area contributed by atoms with E-state index in [-0.39, 0.29) is 5.28 Å². The summed E-state index contributed by atoms with van der Waals surface area (Å²) in [7, 11) is 0. The maximum absolute atomic E-state index is 5.98. The van der Waals surface area contributed by atoms with Gasteiger partial charge in [0.2, 0.25) is 5.28 Å². The molecule has 3 heterocycles. The van der Waals surface area contributed by atoms with Crippen molar-refractivity contribution >= 4 is 34.0 Å². The first-order chi connectivity index (χ1) is 11.3. The van der Waals surface area contributed by atoms with Crippen molar-refractivity contribution in [2.24, 2.45) is 0 Å². The van der Waals surface area contributed by atoms with Crippen LogP contribution in [0.25, 0.3) is 22.0 Å². The van der Waals surface area contributed by atoms with Crippen LogP contribution in [0.3, 0.4) is 0 Å². The predicted molar refractivity (Wildman–Crippen MR) is 89.6 cm³/mol. The fourth-order valence-electron chi connectivity index (χ4n) is 2.34.